The van der Waals surface area contributed by atoms with Gasteiger partial charge in [-0.2, -0.15) is 31.6 Å². The molecule has 0 bridgehead atoms. The van der Waals surface area contributed by atoms with Crippen molar-refractivity contribution in [2.24, 2.45) is 0 Å². The molecule has 2 aromatic rings. The molecule has 0 aliphatic carbocycles. The molecule has 0 unspecified atom stereocenters. The fourth-order valence-electron chi connectivity index (χ4n) is 4.11. The van der Waals surface area contributed by atoms with E-state index in [2.05, 4.69) is 13.8 Å². The molecule has 2 aromatic heterocycles. The van der Waals surface area contributed by atoms with Gasteiger partial charge < -0.3 is 0 Å². The molecule has 0 aliphatic rings. The van der Waals surface area contributed by atoms with Gasteiger partial charge in [0, 0.05) is 19.5 Å². The van der Waals surface area contributed by atoms with Gasteiger partial charge in [-0.1, -0.05) is 38.8 Å². The van der Waals surface area contributed by atoms with Gasteiger partial charge in [-0.05, 0) is 73.9 Å². The first-order chi connectivity index (χ1) is 19.3. The predicted molar refractivity (Wildman–Crippen MR) is 160 cm³/mol. The molecule has 0 fully saturated rings. The topological polar surface area (TPSA) is 143 Å². The van der Waals surface area contributed by atoms with Crippen LogP contribution in [-0.4, -0.2) is 0 Å². The van der Waals surface area contributed by atoms with Crippen LogP contribution in [-0.2, 0) is 12.8 Å². The van der Waals surface area contributed by atoms with Gasteiger partial charge >= 0.3 is 0 Å². The molecule has 0 spiro atoms. The van der Waals surface area contributed by atoms with Gasteiger partial charge in [0.15, 0.2) is 0 Å². The van der Waals surface area contributed by atoms with Crippen molar-refractivity contribution >= 4 is 33.8 Å². The Morgan fingerprint density at radius 1 is 0.725 bits per heavy atom. The van der Waals surface area contributed by atoms with Crippen molar-refractivity contribution in [2.75, 3.05) is 0 Å². The third kappa shape index (κ3) is 7.23. The average molecular weight is 561 g/mol. The maximum atomic E-state index is 9.63. The minimum atomic E-state index is -0.207. The summed E-state index contributed by atoms with van der Waals surface area (Å²) in [7, 11) is 0. The van der Waals surface area contributed by atoms with Crippen LogP contribution < -0.4 is 0 Å². The average Bonchev–Trinajstić information content (AvgIpc) is 3.59. The van der Waals surface area contributed by atoms with Gasteiger partial charge in [0.2, 0.25) is 0 Å². The van der Waals surface area contributed by atoms with Crippen LogP contribution in [0, 0.1) is 68.0 Å². The molecule has 0 amide bonds. The number of unbranched alkanes of at least 4 members (excludes halogenated alkanes) is 2. The monoisotopic (exact) mass is 560 g/mol. The second-order valence-corrected chi connectivity index (χ2v) is 11.1. The number of hydrogen-bond donors (Lipinski definition) is 0. The summed E-state index contributed by atoms with van der Waals surface area (Å²) < 4.78 is 0. The molecular weight excluding hydrogens is 533 g/mol. The number of thiophene rings is 2. The van der Waals surface area contributed by atoms with Gasteiger partial charge in [-0.3, -0.25) is 0 Å². The standard InChI is InChI=1S/C32H28N6S2/c1-5-7-9-25-26(10-8-6-2)32(30-14-13-29(39-30)28(20-38)24(17-35)18-36)40-31(25)22(4)12-11-21(3)27(19-37)23(15-33)16-34/h11-14H,5-10H2,1-4H3/b21-11+,22-12+. The number of allylic oxidation sites excluding steroid dienone is 8. The van der Waals surface area contributed by atoms with Crippen molar-refractivity contribution in [3.8, 4) is 46.2 Å². The first-order valence-corrected chi connectivity index (χ1v) is 14.5. The molecule has 0 radical (unpaired) electrons. The maximum Gasteiger partial charge on any atom is 0.148 e. The second kappa shape index (κ2) is 15.6. The maximum absolute atomic E-state index is 9.63. The van der Waals surface area contributed by atoms with E-state index >= 15 is 0 Å². The highest BCUT2D eigenvalue weighted by atomic mass is 32.1. The third-order valence-electron chi connectivity index (χ3n) is 6.26. The molecule has 0 N–H and O–H groups in total. The van der Waals surface area contributed by atoms with Gasteiger partial charge in [0.25, 0.3) is 0 Å². The Balaban J connectivity index is 2.77. The SMILES string of the molecule is CCCCc1c(/C(C)=C/C=C(\C)C(C#N)=C(C#N)C#N)sc(-c2ccc(C(C#N)=C(C#N)C#N)s2)c1CCCC. The Kier molecular flexibility index (Phi) is 12.3. The summed E-state index contributed by atoms with van der Waals surface area (Å²) in [5.41, 5.74) is 3.89. The van der Waals surface area contributed by atoms with E-state index in [1.807, 2.05) is 43.3 Å². The van der Waals surface area contributed by atoms with Crippen LogP contribution in [0.1, 0.15) is 74.3 Å². The van der Waals surface area contributed by atoms with E-state index in [0.717, 1.165) is 58.7 Å². The van der Waals surface area contributed by atoms with Crippen LogP contribution in [0.5, 0.6) is 0 Å². The van der Waals surface area contributed by atoms with Gasteiger partial charge in [0.1, 0.15) is 47.6 Å². The Labute approximate surface area is 244 Å². The zero-order valence-electron chi connectivity index (χ0n) is 23.1. The summed E-state index contributed by atoms with van der Waals surface area (Å²) in [6.45, 7) is 8.05. The van der Waals surface area contributed by atoms with Crippen LogP contribution in [0.2, 0.25) is 0 Å². The van der Waals surface area contributed by atoms with Crippen molar-refractivity contribution < 1.29 is 0 Å². The summed E-state index contributed by atoms with van der Waals surface area (Å²) in [6.07, 6.45) is 9.68. The summed E-state index contributed by atoms with van der Waals surface area (Å²) >= 11 is 3.09. The van der Waals surface area contributed by atoms with Gasteiger partial charge in [-0.15, -0.1) is 22.7 Å². The lowest BCUT2D eigenvalue weighted by atomic mass is 9.95. The third-order valence-corrected chi connectivity index (χ3v) is 8.95. The highest BCUT2D eigenvalue weighted by Crippen LogP contribution is 2.45. The molecule has 40 heavy (non-hydrogen) atoms. The molecule has 6 nitrogen and oxygen atoms in total. The van der Waals surface area contributed by atoms with Crippen molar-refractivity contribution in [1.29, 1.82) is 31.6 Å². The van der Waals surface area contributed by atoms with E-state index in [1.165, 1.54) is 22.5 Å². The summed E-state index contributed by atoms with van der Waals surface area (Å²) in [6, 6.07) is 15.0. The number of nitriles is 6. The molecular formula is C32H28N6S2. The lowest BCUT2D eigenvalue weighted by Gasteiger charge is -2.09. The van der Waals surface area contributed by atoms with Crippen LogP contribution in [0.4, 0.5) is 0 Å². The summed E-state index contributed by atoms with van der Waals surface area (Å²) in [5, 5.41) is 56.1. The van der Waals surface area contributed by atoms with E-state index < -0.39 is 0 Å². The molecule has 0 aromatic carbocycles. The fraction of sp³-hybridized carbons (Fsp3) is 0.312. The van der Waals surface area contributed by atoms with E-state index in [1.54, 1.807) is 42.5 Å². The molecule has 0 atom stereocenters. The quantitative estimate of drug-likeness (QED) is 0.198. The lowest BCUT2D eigenvalue weighted by molar-refractivity contribution is 0.762. The van der Waals surface area contributed by atoms with Crippen molar-refractivity contribution in [3.05, 3.63) is 67.5 Å². The van der Waals surface area contributed by atoms with Crippen molar-refractivity contribution in [2.45, 2.75) is 66.2 Å². The first kappa shape index (κ1) is 31.5. The van der Waals surface area contributed by atoms with Gasteiger partial charge in [0.05, 0.1) is 11.1 Å². The predicted octanol–water partition coefficient (Wildman–Crippen LogP) is 8.70. The van der Waals surface area contributed by atoms with Crippen molar-refractivity contribution in [3.63, 3.8) is 0 Å². The van der Waals surface area contributed by atoms with E-state index in [9.17, 15) is 31.6 Å². The normalized spacial score (nSPS) is 10.8. The minimum absolute atomic E-state index is 0.0670. The van der Waals surface area contributed by atoms with Crippen LogP contribution >= 0.6 is 22.7 Å². The van der Waals surface area contributed by atoms with Crippen LogP contribution in [0.25, 0.3) is 20.9 Å². The minimum Gasteiger partial charge on any atom is -0.192 e. The Hall–Kier alpha value is -4.70. The Morgan fingerprint density at radius 2 is 1.32 bits per heavy atom. The molecule has 198 valence electrons. The molecule has 0 aliphatic heterocycles. The van der Waals surface area contributed by atoms with Gasteiger partial charge in [-0.25, -0.2) is 0 Å². The Bertz CT molecular complexity index is 1620. The summed E-state index contributed by atoms with van der Waals surface area (Å²) in [5.74, 6) is 0. The smallest absolute Gasteiger partial charge is 0.148 e. The zero-order chi connectivity index (χ0) is 29.7. The van der Waals surface area contributed by atoms with E-state index in [4.69, 9.17) is 0 Å². The number of rotatable bonds is 11. The largest absolute Gasteiger partial charge is 0.192 e. The van der Waals surface area contributed by atoms with E-state index in [0.29, 0.717) is 10.5 Å². The molecule has 8 heteroatoms. The lowest BCUT2D eigenvalue weighted by Crippen LogP contribution is -1.95. The second-order valence-electron chi connectivity index (χ2n) is 8.96. The number of nitrogens with zero attached hydrogens (tertiary/aromatic N) is 6. The van der Waals surface area contributed by atoms with Crippen LogP contribution in [0.15, 0.2) is 46.6 Å². The Morgan fingerprint density at radius 3 is 1.85 bits per heavy atom. The molecule has 2 rings (SSSR count). The molecule has 0 saturated heterocycles. The molecule has 0 saturated carbocycles. The first-order valence-electron chi connectivity index (χ1n) is 12.9. The molecule has 2 heterocycles. The number of hydrogen-bond acceptors (Lipinski definition) is 8. The van der Waals surface area contributed by atoms with Crippen molar-refractivity contribution in [1.82, 2.24) is 0 Å². The van der Waals surface area contributed by atoms with Crippen LogP contribution in [0.3, 0.4) is 0 Å². The summed E-state index contributed by atoms with van der Waals surface area (Å²) in [4.78, 5) is 3.85. The highest BCUT2D eigenvalue weighted by Gasteiger charge is 2.22. The zero-order valence-corrected chi connectivity index (χ0v) is 24.7. The highest BCUT2D eigenvalue weighted by molar-refractivity contribution is 7.23. The van der Waals surface area contributed by atoms with E-state index in [-0.39, 0.29) is 22.3 Å². The fourth-order valence-corrected chi connectivity index (χ4v) is 6.63.